The van der Waals surface area contributed by atoms with Crippen molar-refractivity contribution in [2.45, 2.75) is 6.18 Å². The van der Waals surface area contributed by atoms with Crippen LogP contribution in [0.1, 0.15) is 0 Å². The summed E-state index contributed by atoms with van der Waals surface area (Å²) in [5, 5.41) is 0. The maximum atomic E-state index is 12.1. The summed E-state index contributed by atoms with van der Waals surface area (Å²) in [6, 6.07) is 0. The van der Waals surface area contributed by atoms with Gasteiger partial charge in [-0.15, -0.1) is 0 Å². The van der Waals surface area contributed by atoms with Crippen LogP contribution in [0.15, 0.2) is 23.8 Å². The standard InChI is InChI=1S/C9H8F3N/c10-9(11,12)8-3-1-2-7(6-13)4-5-8/h3-5,7H,6,13H2. The lowest BCUT2D eigenvalue weighted by Gasteiger charge is -2.05. The third-order valence-corrected chi connectivity index (χ3v) is 1.59. The average molecular weight is 187 g/mol. The highest BCUT2D eigenvalue weighted by molar-refractivity contribution is 5.37. The summed E-state index contributed by atoms with van der Waals surface area (Å²) in [6.45, 7) is 0.239. The van der Waals surface area contributed by atoms with Crippen molar-refractivity contribution in [3.05, 3.63) is 23.8 Å². The minimum absolute atomic E-state index is 0.239. The van der Waals surface area contributed by atoms with Gasteiger partial charge >= 0.3 is 6.18 Å². The number of rotatable bonds is 1. The lowest BCUT2D eigenvalue weighted by molar-refractivity contribution is -0.0881. The summed E-state index contributed by atoms with van der Waals surface area (Å²) in [7, 11) is 0. The molecule has 1 aliphatic carbocycles. The average Bonchev–Trinajstić information content (AvgIpc) is 2.26. The van der Waals surface area contributed by atoms with E-state index in [1.807, 2.05) is 0 Å². The van der Waals surface area contributed by atoms with Crippen molar-refractivity contribution in [3.63, 3.8) is 0 Å². The lowest BCUT2D eigenvalue weighted by Crippen LogP contribution is -2.11. The molecule has 1 atom stereocenters. The predicted molar refractivity (Wildman–Crippen MR) is 43.6 cm³/mol. The van der Waals surface area contributed by atoms with Gasteiger partial charge in [0.1, 0.15) is 0 Å². The fraction of sp³-hybridized carbons (Fsp3) is 0.333. The molecule has 1 unspecified atom stereocenters. The summed E-state index contributed by atoms with van der Waals surface area (Å²) in [5.74, 6) is 4.64. The zero-order valence-corrected chi connectivity index (χ0v) is 6.73. The first-order valence-corrected chi connectivity index (χ1v) is 3.70. The van der Waals surface area contributed by atoms with Crippen LogP contribution in [-0.2, 0) is 0 Å². The van der Waals surface area contributed by atoms with Gasteiger partial charge in [-0.3, -0.25) is 0 Å². The van der Waals surface area contributed by atoms with Crippen LogP contribution in [0.4, 0.5) is 13.2 Å². The molecule has 0 heterocycles. The minimum atomic E-state index is -4.32. The zero-order valence-electron chi connectivity index (χ0n) is 6.73. The van der Waals surface area contributed by atoms with E-state index < -0.39 is 11.7 Å². The van der Waals surface area contributed by atoms with Crippen molar-refractivity contribution < 1.29 is 13.2 Å². The van der Waals surface area contributed by atoms with Gasteiger partial charge in [-0.1, -0.05) is 24.0 Å². The van der Waals surface area contributed by atoms with Gasteiger partial charge in [0.15, 0.2) is 0 Å². The molecule has 1 nitrogen and oxygen atoms in total. The van der Waals surface area contributed by atoms with E-state index in [1.54, 1.807) is 0 Å². The molecular weight excluding hydrogens is 179 g/mol. The van der Waals surface area contributed by atoms with Crippen LogP contribution in [0.2, 0.25) is 0 Å². The van der Waals surface area contributed by atoms with Crippen molar-refractivity contribution >= 4 is 0 Å². The van der Waals surface area contributed by atoms with Crippen molar-refractivity contribution in [2.24, 2.45) is 11.7 Å². The quantitative estimate of drug-likeness (QED) is 0.620. The van der Waals surface area contributed by atoms with E-state index in [9.17, 15) is 13.2 Å². The predicted octanol–water partition coefficient (Wildman–Crippen LogP) is 1.62. The summed E-state index contributed by atoms with van der Waals surface area (Å²) >= 11 is 0. The number of halogens is 3. The molecule has 0 aromatic heterocycles. The molecule has 0 radical (unpaired) electrons. The number of allylic oxidation sites excluding steroid dienone is 3. The Bertz CT molecular complexity index is 301. The topological polar surface area (TPSA) is 26.0 Å². The Morgan fingerprint density at radius 1 is 1.46 bits per heavy atom. The van der Waals surface area contributed by atoms with E-state index >= 15 is 0 Å². The molecule has 1 aliphatic rings. The summed E-state index contributed by atoms with van der Waals surface area (Å²) < 4.78 is 36.4. The SMILES string of the molecule is NCC1C#CC=C(C(F)(F)F)C=C1. The molecule has 1 rings (SSSR count). The van der Waals surface area contributed by atoms with Crippen molar-refractivity contribution in [2.75, 3.05) is 6.54 Å². The van der Waals surface area contributed by atoms with Crippen molar-refractivity contribution in [3.8, 4) is 11.8 Å². The summed E-state index contributed by atoms with van der Waals surface area (Å²) in [4.78, 5) is 0. The molecular formula is C9H8F3N. The van der Waals surface area contributed by atoms with E-state index in [-0.39, 0.29) is 12.5 Å². The highest BCUT2D eigenvalue weighted by atomic mass is 19.4. The van der Waals surface area contributed by atoms with E-state index in [2.05, 4.69) is 11.8 Å². The van der Waals surface area contributed by atoms with Crippen molar-refractivity contribution in [1.82, 2.24) is 0 Å². The molecule has 0 fully saturated rings. The number of alkyl halides is 3. The Balaban J connectivity index is 2.86. The van der Waals surface area contributed by atoms with Crippen LogP contribution < -0.4 is 5.73 Å². The Kier molecular flexibility index (Phi) is 2.79. The molecule has 0 saturated heterocycles. The fourth-order valence-corrected chi connectivity index (χ4v) is 0.856. The Hall–Kier alpha value is -1.21. The molecule has 0 spiro atoms. The molecule has 0 aromatic carbocycles. The van der Waals surface area contributed by atoms with E-state index in [4.69, 9.17) is 5.73 Å². The van der Waals surface area contributed by atoms with E-state index in [1.165, 1.54) is 6.08 Å². The Labute approximate surface area is 74.1 Å². The fourth-order valence-electron chi connectivity index (χ4n) is 0.856. The second kappa shape index (κ2) is 3.67. The second-order valence-corrected chi connectivity index (χ2v) is 2.59. The van der Waals surface area contributed by atoms with E-state index in [0.717, 1.165) is 12.2 Å². The first kappa shape index (κ1) is 9.87. The van der Waals surface area contributed by atoms with Crippen LogP contribution in [0.3, 0.4) is 0 Å². The molecule has 0 amide bonds. The molecule has 2 N–H and O–H groups in total. The molecule has 0 aliphatic heterocycles. The molecule has 0 saturated carbocycles. The maximum absolute atomic E-state index is 12.1. The van der Waals surface area contributed by atoms with Crippen LogP contribution in [-0.4, -0.2) is 12.7 Å². The zero-order chi connectivity index (χ0) is 9.90. The third kappa shape index (κ3) is 2.63. The minimum Gasteiger partial charge on any atom is -0.329 e. The third-order valence-electron chi connectivity index (χ3n) is 1.59. The smallest absolute Gasteiger partial charge is 0.329 e. The van der Waals surface area contributed by atoms with Gasteiger partial charge in [-0.2, -0.15) is 13.2 Å². The first-order chi connectivity index (χ1) is 6.04. The normalized spacial score (nSPS) is 21.5. The Morgan fingerprint density at radius 3 is 2.69 bits per heavy atom. The van der Waals surface area contributed by atoms with Gasteiger partial charge in [-0.25, -0.2) is 0 Å². The van der Waals surface area contributed by atoms with E-state index in [0.29, 0.717) is 0 Å². The lowest BCUT2D eigenvalue weighted by atomic mass is 10.1. The van der Waals surface area contributed by atoms with Gasteiger partial charge in [0, 0.05) is 12.6 Å². The largest absolute Gasteiger partial charge is 0.417 e. The molecule has 70 valence electrons. The number of hydrogen-bond acceptors (Lipinski definition) is 1. The Morgan fingerprint density at radius 2 is 2.15 bits per heavy atom. The highest BCUT2D eigenvalue weighted by Gasteiger charge is 2.31. The molecule has 0 bridgehead atoms. The number of hydrogen-bond donors (Lipinski definition) is 1. The molecule has 4 heteroatoms. The second-order valence-electron chi connectivity index (χ2n) is 2.59. The van der Waals surface area contributed by atoms with Gasteiger partial charge in [0.05, 0.1) is 11.5 Å². The van der Waals surface area contributed by atoms with Crippen LogP contribution in [0.25, 0.3) is 0 Å². The van der Waals surface area contributed by atoms with Gasteiger partial charge < -0.3 is 5.73 Å². The maximum Gasteiger partial charge on any atom is 0.417 e. The van der Waals surface area contributed by atoms with Gasteiger partial charge in [0.2, 0.25) is 0 Å². The summed E-state index contributed by atoms with van der Waals surface area (Å²) in [5.41, 5.74) is 4.54. The summed E-state index contributed by atoms with van der Waals surface area (Å²) in [6.07, 6.45) is -1.08. The monoisotopic (exact) mass is 187 g/mol. The molecule has 0 aromatic rings. The van der Waals surface area contributed by atoms with Gasteiger partial charge in [0.25, 0.3) is 0 Å². The van der Waals surface area contributed by atoms with Crippen LogP contribution in [0, 0.1) is 17.8 Å². The van der Waals surface area contributed by atoms with Crippen LogP contribution >= 0.6 is 0 Å². The van der Waals surface area contributed by atoms with Crippen molar-refractivity contribution in [1.29, 1.82) is 0 Å². The van der Waals surface area contributed by atoms with Crippen LogP contribution in [0.5, 0.6) is 0 Å². The first-order valence-electron chi connectivity index (χ1n) is 3.70. The number of nitrogens with two attached hydrogens (primary N) is 1. The molecule has 13 heavy (non-hydrogen) atoms. The highest BCUT2D eigenvalue weighted by Crippen LogP contribution is 2.27. The van der Waals surface area contributed by atoms with Gasteiger partial charge in [-0.05, 0) is 0 Å².